The van der Waals surface area contributed by atoms with Gasteiger partial charge < -0.3 is 21.4 Å². The molecule has 0 bridgehead atoms. The molecule has 0 atom stereocenters. The predicted molar refractivity (Wildman–Crippen MR) is 112 cm³/mol. The molecule has 0 saturated carbocycles. The number of H-pyrrole nitrogens is 1. The normalized spacial score (nSPS) is 15.5. The average Bonchev–Trinajstić information content (AvgIpc) is 3.06. The summed E-state index contributed by atoms with van der Waals surface area (Å²) in [7, 11) is 0. The molecule has 148 valence electrons. The van der Waals surface area contributed by atoms with Gasteiger partial charge in [0, 0.05) is 49.2 Å². The minimum Gasteiger partial charge on any atom is -0.399 e. The number of carbonyl (C=O) groups is 1. The summed E-state index contributed by atoms with van der Waals surface area (Å²) in [5, 5.41) is 2.12. The summed E-state index contributed by atoms with van der Waals surface area (Å²) in [6.45, 7) is 4.94. The number of rotatable bonds is 7. The maximum absolute atomic E-state index is 10.8. The average molecular weight is 381 g/mol. The van der Waals surface area contributed by atoms with Gasteiger partial charge in [-0.1, -0.05) is 6.42 Å². The predicted octanol–water partition coefficient (Wildman–Crippen LogP) is 1.86. The van der Waals surface area contributed by atoms with Crippen molar-refractivity contribution >= 4 is 39.3 Å². The summed E-state index contributed by atoms with van der Waals surface area (Å²) in [6, 6.07) is 5.88. The monoisotopic (exact) mass is 381 g/mol. The summed E-state index contributed by atoms with van der Waals surface area (Å²) >= 11 is 0. The Bertz CT molecular complexity index is 975. The van der Waals surface area contributed by atoms with Crippen LogP contribution in [0.15, 0.2) is 24.5 Å². The molecule has 3 aromatic rings. The third-order valence-corrected chi connectivity index (χ3v) is 5.46. The smallest absolute Gasteiger partial charge is 0.217 e. The lowest BCUT2D eigenvalue weighted by Crippen LogP contribution is -2.47. The van der Waals surface area contributed by atoms with Crippen LogP contribution in [0.2, 0.25) is 0 Å². The van der Waals surface area contributed by atoms with Crippen LogP contribution in [-0.2, 0) is 4.79 Å². The lowest BCUT2D eigenvalue weighted by molar-refractivity contribution is -0.118. The van der Waals surface area contributed by atoms with Crippen molar-refractivity contribution in [3.05, 3.63) is 24.5 Å². The van der Waals surface area contributed by atoms with Crippen molar-refractivity contribution in [2.24, 2.45) is 5.73 Å². The number of piperazine rings is 1. The number of hydrogen-bond donors (Lipinski definition) is 3. The first-order chi connectivity index (χ1) is 13.6. The first-order valence-electron chi connectivity index (χ1n) is 9.89. The molecular formula is C20H27N7O. The third-order valence-electron chi connectivity index (χ3n) is 5.46. The molecule has 4 rings (SSSR count). The Balaban J connectivity index is 1.42. The molecular weight excluding hydrogens is 354 g/mol. The van der Waals surface area contributed by atoms with Crippen molar-refractivity contribution in [3.63, 3.8) is 0 Å². The number of unbranched alkanes of at least 4 members (excludes halogenated alkanes) is 2. The number of benzene rings is 1. The van der Waals surface area contributed by atoms with Crippen LogP contribution in [0.5, 0.6) is 0 Å². The van der Waals surface area contributed by atoms with Gasteiger partial charge in [-0.25, -0.2) is 9.97 Å². The number of amides is 1. The Morgan fingerprint density at radius 1 is 1.11 bits per heavy atom. The first-order valence-corrected chi connectivity index (χ1v) is 9.89. The molecule has 8 nitrogen and oxygen atoms in total. The zero-order chi connectivity index (χ0) is 19.5. The molecule has 0 aliphatic carbocycles. The molecule has 1 fully saturated rings. The van der Waals surface area contributed by atoms with Gasteiger partial charge in [0.2, 0.25) is 5.91 Å². The molecule has 3 heterocycles. The quantitative estimate of drug-likeness (QED) is 0.425. The molecule has 1 aromatic carbocycles. The number of nitrogen functional groups attached to an aromatic ring is 1. The molecule has 1 aliphatic rings. The minimum absolute atomic E-state index is 0.205. The Labute approximate surface area is 163 Å². The van der Waals surface area contributed by atoms with Crippen LogP contribution in [0.3, 0.4) is 0 Å². The van der Waals surface area contributed by atoms with Gasteiger partial charge in [0.05, 0.1) is 5.39 Å². The molecule has 2 aromatic heterocycles. The summed E-state index contributed by atoms with van der Waals surface area (Å²) in [5.41, 5.74) is 13.8. The second-order valence-electron chi connectivity index (χ2n) is 7.46. The number of nitrogens with zero attached hydrogens (tertiary/aromatic N) is 4. The number of aromatic nitrogens is 3. The van der Waals surface area contributed by atoms with Crippen LogP contribution in [0.4, 0.5) is 11.5 Å². The topological polar surface area (TPSA) is 117 Å². The maximum atomic E-state index is 10.8. The van der Waals surface area contributed by atoms with Gasteiger partial charge in [0.1, 0.15) is 17.8 Å². The minimum atomic E-state index is -0.205. The van der Waals surface area contributed by atoms with E-state index in [-0.39, 0.29) is 5.91 Å². The maximum Gasteiger partial charge on any atom is 0.217 e. The molecule has 0 radical (unpaired) electrons. The molecule has 1 amide bonds. The van der Waals surface area contributed by atoms with Gasteiger partial charge in [-0.05, 0) is 37.6 Å². The highest BCUT2D eigenvalue weighted by Crippen LogP contribution is 2.32. The molecule has 0 unspecified atom stereocenters. The molecule has 1 aliphatic heterocycles. The van der Waals surface area contributed by atoms with E-state index in [1.807, 2.05) is 18.2 Å². The lowest BCUT2D eigenvalue weighted by Gasteiger charge is -2.35. The van der Waals surface area contributed by atoms with E-state index in [4.69, 9.17) is 11.5 Å². The van der Waals surface area contributed by atoms with E-state index in [9.17, 15) is 4.79 Å². The van der Waals surface area contributed by atoms with Gasteiger partial charge in [0.25, 0.3) is 0 Å². The van der Waals surface area contributed by atoms with Crippen molar-refractivity contribution in [3.8, 4) is 0 Å². The van der Waals surface area contributed by atoms with E-state index >= 15 is 0 Å². The van der Waals surface area contributed by atoms with E-state index in [0.29, 0.717) is 6.42 Å². The Morgan fingerprint density at radius 2 is 1.93 bits per heavy atom. The molecule has 0 spiro atoms. The van der Waals surface area contributed by atoms with Crippen LogP contribution in [0.25, 0.3) is 21.9 Å². The van der Waals surface area contributed by atoms with Crippen molar-refractivity contribution in [1.29, 1.82) is 0 Å². The van der Waals surface area contributed by atoms with Crippen molar-refractivity contribution < 1.29 is 4.79 Å². The fourth-order valence-electron chi connectivity index (χ4n) is 3.96. The van der Waals surface area contributed by atoms with Crippen LogP contribution in [-0.4, -0.2) is 58.5 Å². The van der Waals surface area contributed by atoms with Gasteiger partial charge >= 0.3 is 0 Å². The van der Waals surface area contributed by atoms with Crippen molar-refractivity contribution in [2.75, 3.05) is 43.4 Å². The van der Waals surface area contributed by atoms with Crippen molar-refractivity contribution in [2.45, 2.75) is 25.7 Å². The Kier molecular flexibility index (Phi) is 5.29. The number of nitrogens with one attached hydrogen (secondary N) is 1. The first kappa shape index (κ1) is 18.5. The zero-order valence-corrected chi connectivity index (χ0v) is 16.0. The van der Waals surface area contributed by atoms with Crippen LogP contribution in [0, 0.1) is 0 Å². The number of hydrogen-bond acceptors (Lipinski definition) is 6. The van der Waals surface area contributed by atoms with Gasteiger partial charge in [-0.15, -0.1) is 0 Å². The van der Waals surface area contributed by atoms with Crippen LogP contribution in [0.1, 0.15) is 25.7 Å². The van der Waals surface area contributed by atoms with E-state index in [1.54, 1.807) is 6.33 Å². The molecule has 28 heavy (non-hydrogen) atoms. The van der Waals surface area contributed by atoms with Gasteiger partial charge in [-0.3, -0.25) is 9.69 Å². The summed E-state index contributed by atoms with van der Waals surface area (Å²) in [5.74, 6) is 0.770. The van der Waals surface area contributed by atoms with Crippen molar-refractivity contribution in [1.82, 2.24) is 19.9 Å². The molecule has 1 saturated heterocycles. The highest BCUT2D eigenvalue weighted by molar-refractivity contribution is 6.12. The van der Waals surface area contributed by atoms with E-state index in [2.05, 4.69) is 24.8 Å². The Hall–Kier alpha value is -2.87. The highest BCUT2D eigenvalue weighted by Gasteiger charge is 2.21. The number of anilines is 2. The molecule has 5 N–H and O–H groups in total. The van der Waals surface area contributed by atoms with Gasteiger partial charge in [0.15, 0.2) is 0 Å². The summed E-state index contributed by atoms with van der Waals surface area (Å²) < 4.78 is 0. The summed E-state index contributed by atoms with van der Waals surface area (Å²) in [4.78, 5) is 28.0. The Morgan fingerprint density at radius 3 is 2.71 bits per heavy atom. The fourth-order valence-corrected chi connectivity index (χ4v) is 3.96. The van der Waals surface area contributed by atoms with E-state index in [1.165, 1.54) is 0 Å². The number of primary amides is 1. The number of nitrogens with two attached hydrogens (primary N) is 2. The SMILES string of the molecule is NC(=O)CCCCCN1CCN(c2ncnc3[nH]c4ccc(N)cc4c23)CC1. The second-order valence-corrected chi connectivity index (χ2v) is 7.46. The zero-order valence-electron chi connectivity index (χ0n) is 16.0. The van der Waals surface area contributed by atoms with Crippen LogP contribution >= 0.6 is 0 Å². The standard InChI is InChI=1S/C20H27N7O/c21-14-5-6-16-15(12-14)18-19(25-16)23-13-24-20(18)27-10-8-26(9-11-27)7-3-1-2-4-17(22)28/h5-6,12-13H,1-4,7-11,21H2,(H2,22,28)(H,23,24,25). The fraction of sp³-hybridized carbons (Fsp3) is 0.450. The lowest BCUT2D eigenvalue weighted by atomic mass is 10.1. The second kappa shape index (κ2) is 8.02. The number of fused-ring (bicyclic) bond motifs is 3. The number of carbonyl (C=O) groups excluding carboxylic acids is 1. The largest absolute Gasteiger partial charge is 0.399 e. The number of aromatic amines is 1. The van der Waals surface area contributed by atoms with E-state index in [0.717, 1.165) is 85.4 Å². The van der Waals surface area contributed by atoms with E-state index < -0.39 is 0 Å². The molecule has 8 heteroatoms. The van der Waals surface area contributed by atoms with Crippen LogP contribution < -0.4 is 16.4 Å². The highest BCUT2D eigenvalue weighted by atomic mass is 16.1. The third kappa shape index (κ3) is 3.87. The summed E-state index contributed by atoms with van der Waals surface area (Å²) in [6.07, 6.45) is 5.16. The van der Waals surface area contributed by atoms with Gasteiger partial charge in [-0.2, -0.15) is 0 Å².